The lowest BCUT2D eigenvalue weighted by Crippen LogP contribution is -2.38. The largest absolute Gasteiger partial charge is 0.481 e. The minimum atomic E-state index is -1.03. The second-order valence-electron chi connectivity index (χ2n) is 6.99. The number of carbonyl (C=O) groups is 2. The Bertz CT molecular complexity index is 1040. The predicted octanol–water partition coefficient (Wildman–Crippen LogP) is 4.10. The number of carboxylic acids is 1. The summed E-state index contributed by atoms with van der Waals surface area (Å²) in [4.78, 5) is 33.4. The molecule has 2 unspecified atom stereocenters. The fraction of sp³-hybridized carbons (Fsp3) is 0.217. The monoisotopic (exact) mass is 423 g/mol. The van der Waals surface area contributed by atoms with Crippen molar-refractivity contribution in [1.82, 2.24) is 10.3 Å². The molecule has 6 nitrogen and oxygen atoms in total. The van der Waals surface area contributed by atoms with E-state index in [0.29, 0.717) is 34.1 Å². The van der Waals surface area contributed by atoms with Gasteiger partial charge in [0.25, 0.3) is 0 Å². The number of hydrogen-bond donors (Lipinski definition) is 2. The zero-order valence-electron chi connectivity index (χ0n) is 16.7. The number of amides is 1. The Hall–Kier alpha value is -3.25. The number of benzene rings is 1. The van der Waals surface area contributed by atoms with Crippen molar-refractivity contribution in [3.8, 4) is 0 Å². The molecule has 1 aromatic carbocycles. The number of halogens is 1. The highest BCUT2D eigenvalue weighted by atomic mass is 35.5. The maximum absolute atomic E-state index is 13.1. The molecular formula is C23H22ClN3O3. The molecule has 2 aromatic rings. The van der Waals surface area contributed by atoms with Gasteiger partial charge in [0, 0.05) is 46.9 Å². The number of pyridine rings is 1. The first-order chi connectivity index (χ1) is 14.4. The smallest absolute Gasteiger partial charge is 0.313 e. The minimum absolute atomic E-state index is 0.292. The van der Waals surface area contributed by atoms with Crippen LogP contribution < -0.4 is 5.32 Å². The van der Waals surface area contributed by atoms with Crippen LogP contribution in [-0.4, -0.2) is 34.2 Å². The summed E-state index contributed by atoms with van der Waals surface area (Å²) in [6.07, 6.45) is 7.08. The van der Waals surface area contributed by atoms with Crippen LogP contribution in [0.4, 0.5) is 0 Å². The SMILES string of the molecule is CC1=NC(C)=C(C(=O)NCC=Cc2ccncc2)C(c2cccc(Cl)c2)C1C(=O)O. The molecule has 0 radical (unpaired) electrons. The van der Waals surface area contributed by atoms with Crippen LogP contribution in [0.1, 0.15) is 30.9 Å². The third-order valence-electron chi connectivity index (χ3n) is 4.94. The highest BCUT2D eigenvalue weighted by molar-refractivity contribution is 6.30. The van der Waals surface area contributed by atoms with E-state index < -0.39 is 17.8 Å². The fourth-order valence-corrected chi connectivity index (χ4v) is 3.83. The van der Waals surface area contributed by atoms with Gasteiger partial charge in [0.15, 0.2) is 0 Å². The van der Waals surface area contributed by atoms with Gasteiger partial charge in [0.05, 0.1) is 0 Å². The molecule has 0 spiro atoms. The number of aliphatic imine (C=N–C) groups is 1. The standard InChI is InChI=1S/C23H22ClN3O3/c1-14-19(22(28)26-10-4-5-16-8-11-25-12-9-16)21(17-6-3-7-18(24)13-17)20(23(29)30)15(2)27-14/h3-9,11-13,20-21H,10H2,1-2H3,(H,26,28)(H,29,30). The van der Waals surface area contributed by atoms with Crippen molar-refractivity contribution in [3.63, 3.8) is 0 Å². The number of rotatable bonds is 6. The van der Waals surface area contributed by atoms with Gasteiger partial charge in [0.2, 0.25) is 5.91 Å². The highest BCUT2D eigenvalue weighted by Gasteiger charge is 2.40. The molecule has 2 heterocycles. The highest BCUT2D eigenvalue weighted by Crippen LogP contribution is 2.39. The Labute approximate surface area is 180 Å². The van der Waals surface area contributed by atoms with E-state index in [0.717, 1.165) is 5.56 Å². The predicted molar refractivity (Wildman–Crippen MR) is 117 cm³/mol. The van der Waals surface area contributed by atoms with Gasteiger partial charge < -0.3 is 10.4 Å². The molecule has 1 aromatic heterocycles. The first kappa shape index (κ1) is 21.5. The van der Waals surface area contributed by atoms with Gasteiger partial charge in [-0.1, -0.05) is 35.9 Å². The molecule has 2 atom stereocenters. The maximum Gasteiger partial charge on any atom is 0.313 e. The molecule has 3 rings (SSSR count). The van der Waals surface area contributed by atoms with Crippen LogP contribution in [0.3, 0.4) is 0 Å². The third-order valence-corrected chi connectivity index (χ3v) is 5.18. The quantitative estimate of drug-likeness (QED) is 0.731. The number of nitrogens with zero attached hydrogens (tertiary/aromatic N) is 2. The minimum Gasteiger partial charge on any atom is -0.481 e. The lowest BCUT2D eigenvalue weighted by atomic mass is 9.75. The first-order valence-corrected chi connectivity index (χ1v) is 9.85. The molecule has 154 valence electrons. The van der Waals surface area contributed by atoms with Crippen molar-refractivity contribution >= 4 is 35.3 Å². The number of carbonyl (C=O) groups excluding carboxylic acids is 1. The summed E-state index contributed by atoms with van der Waals surface area (Å²) in [6, 6.07) is 10.7. The number of allylic oxidation sites excluding steroid dienone is 1. The average Bonchev–Trinajstić information content (AvgIpc) is 2.71. The molecule has 0 aliphatic carbocycles. The maximum atomic E-state index is 13.1. The van der Waals surface area contributed by atoms with Crippen LogP contribution in [0.5, 0.6) is 0 Å². The Kier molecular flexibility index (Phi) is 6.79. The number of hydrogen-bond acceptors (Lipinski definition) is 4. The molecule has 0 saturated carbocycles. The van der Waals surface area contributed by atoms with Crippen molar-refractivity contribution in [1.29, 1.82) is 0 Å². The van der Waals surface area contributed by atoms with Crippen LogP contribution in [-0.2, 0) is 9.59 Å². The van der Waals surface area contributed by atoms with Gasteiger partial charge >= 0.3 is 5.97 Å². The van der Waals surface area contributed by atoms with E-state index in [1.807, 2.05) is 24.3 Å². The summed E-state index contributed by atoms with van der Waals surface area (Å²) in [6.45, 7) is 3.69. The summed E-state index contributed by atoms with van der Waals surface area (Å²) in [7, 11) is 0. The molecule has 0 bridgehead atoms. The molecule has 2 N–H and O–H groups in total. The number of carboxylic acid groups (broad SMARTS) is 1. The zero-order chi connectivity index (χ0) is 21.7. The van der Waals surface area contributed by atoms with E-state index in [4.69, 9.17) is 11.6 Å². The van der Waals surface area contributed by atoms with Gasteiger partial charge in [-0.2, -0.15) is 0 Å². The molecule has 1 aliphatic rings. The van der Waals surface area contributed by atoms with Crippen molar-refractivity contribution in [3.05, 3.63) is 82.3 Å². The van der Waals surface area contributed by atoms with Gasteiger partial charge in [-0.25, -0.2) is 0 Å². The van der Waals surface area contributed by atoms with Crippen molar-refractivity contribution in [2.75, 3.05) is 6.54 Å². The third kappa shape index (κ3) is 4.83. The normalized spacial score (nSPS) is 19.0. The van der Waals surface area contributed by atoms with Crippen molar-refractivity contribution < 1.29 is 14.7 Å². The first-order valence-electron chi connectivity index (χ1n) is 9.47. The Morgan fingerprint density at radius 3 is 2.60 bits per heavy atom. The van der Waals surface area contributed by atoms with E-state index in [1.165, 1.54) is 0 Å². The number of nitrogens with one attached hydrogen (secondary N) is 1. The molecule has 1 amide bonds. The van der Waals surface area contributed by atoms with E-state index in [2.05, 4.69) is 15.3 Å². The lowest BCUT2D eigenvalue weighted by molar-refractivity contribution is -0.139. The van der Waals surface area contributed by atoms with Crippen LogP contribution in [0, 0.1) is 5.92 Å². The van der Waals surface area contributed by atoms with Crippen molar-refractivity contribution in [2.24, 2.45) is 10.9 Å². The van der Waals surface area contributed by atoms with Gasteiger partial charge in [-0.05, 0) is 49.2 Å². The lowest BCUT2D eigenvalue weighted by Gasteiger charge is -2.31. The van der Waals surface area contributed by atoms with E-state index in [1.54, 1.807) is 50.5 Å². The van der Waals surface area contributed by atoms with Crippen LogP contribution in [0.15, 0.2) is 71.1 Å². The Balaban J connectivity index is 1.88. The summed E-state index contributed by atoms with van der Waals surface area (Å²) >= 11 is 6.14. The molecule has 1 aliphatic heterocycles. The van der Waals surface area contributed by atoms with Crippen LogP contribution in [0.25, 0.3) is 6.08 Å². The molecule has 0 saturated heterocycles. The zero-order valence-corrected chi connectivity index (χ0v) is 17.4. The Morgan fingerprint density at radius 1 is 1.20 bits per heavy atom. The van der Waals surface area contributed by atoms with Gasteiger partial charge in [-0.3, -0.25) is 19.6 Å². The molecule has 0 fully saturated rings. The molecule has 7 heteroatoms. The van der Waals surface area contributed by atoms with Crippen LogP contribution >= 0.6 is 11.6 Å². The number of aromatic nitrogens is 1. The van der Waals surface area contributed by atoms with Crippen molar-refractivity contribution in [2.45, 2.75) is 19.8 Å². The summed E-state index contributed by atoms with van der Waals surface area (Å²) in [5.74, 6) is -3.00. The summed E-state index contributed by atoms with van der Waals surface area (Å²) in [5, 5.41) is 13.2. The fourth-order valence-electron chi connectivity index (χ4n) is 3.63. The summed E-state index contributed by atoms with van der Waals surface area (Å²) < 4.78 is 0. The summed E-state index contributed by atoms with van der Waals surface area (Å²) in [5.41, 5.74) is 2.94. The van der Waals surface area contributed by atoms with Gasteiger partial charge in [-0.15, -0.1) is 0 Å². The van der Waals surface area contributed by atoms with Crippen LogP contribution in [0.2, 0.25) is 5.02 Å². The molecular weight excluding hydrogens is 402 g/mol. The number of aliphatic carboxylic acids is 1. The van der Waals surface area contributed by atoms with Gasteiger partial charge in [0.1, 0.15) is 5.92 Å². The van der Waals surface area contributed by atoms with E-state index in [9.17, 15) is 14.7 Å². The van der Waals surface area contributed by atoms with E-state index >= 15 is 0 Å². The molecule has 30 heavy (non-hydrogen) atoms. The second-order valence-corrected chi connectivity index (χ2v) is 7.43. The average molecular weight is 424 g/mol. The Morgan fingerprint density at radius 2 is 1.93 bits per heavy atom. The topological polar surface area (TPSA) is 91.7 Å². The second kappa shape index (κ2) is 9.50. The van der Waals surface area contributed by atoms with E-state index in [-0.39, 0.29) is 5.91 Å².